The smallest absolute Gasteiger partial charge is 0.409 e. The van der Waals surface area contributed by atoms with Crippen LogP contribution in [0.4, 0.5) is 10.6 Å². The summed E-state index contributed by atoms with van der Waals surface area (Å²) >= 11 is 0. The van der Waals surface area contributed by atoms with Crippen molar-refractivity contribution < 1.29 is 19.4 Å². The molecule has 0 radical (unpaired) electrons. The third-order valence-electron chi connectivity index (χ3n) is 3.58. The minimum absolute atomic E-state index is 0.182. The lowest BCUT2D eigenvalue weighted by molar-refractivity contribution is 0.0696. The molecule has 0 spiro atoms. The number of unbranched alkanes of at least 4 members (excludes halogenated alkanes) is 1. The van der Waals surface area contributed by atoms with Crippen molar-refractivity contribution in [2.24, 2.45) is 0 Å². The molecule has 2 heterocycles. The molecule has 0 unspecified atom stereocenters. The fourth-order valence-corrected chi connectivity index (χ4v) is 2.31. The van der Waals surface area contributed by atoms with Gasteiger partial charge >= 0.3 is 12.1 Å². The van der Waals surface area contributed by atoms with E-state index in [1.54, 1.807) is 17.2 Å². The van der Waals surface area contributed by atoms with E-state index in [9.17, 15) is 14.7 Å². The predicted molar refractivity (Wildman–Crippen MR) is 81.2 cm³/mol. The Morgan fingerprint density at radius 2 is 2.05 bits per heavy atom. The number of aromatic nitrogens is 1. The number of aromatic carboxylic acids is 1. The van der Waals surface area contributed by atoms with Crippen LogP contribution in [0.15, 0.2) is 18.3 Å². The molecule has 7 nitrogen and oxygen atoms in total. The van der Waals surface area contributed by atoms with Gasteiger partial charge in [-0.2, -0.15) is 0 Å². The Bertz CT molecular complexity index is 527. The maximum atomic E-state index is 11.9. The van der Waals surface area contributed by atoms with E-state index in [1.165, 1.54) is 6.07 Å². The molecular weight excluding hydrogens is 286 g/mol. The van der Waals surface area contributed by atoms with Gasteiger partial charge in [-0.05, 0) is 18.6 Å². The first-order chi connectivity index (χ1) is 10.6. The van der Waals surface area contributed by atoms with Crippen molar-refractivity contribution in [1.29, 1.82) is 0 Å². The number of nitrogens with zero attached hydrogens (tertiary/aromatic N) is 3. The third kappa shape index (κ3) is 3.87. The molecule has 0 aliphatic carbocycles. The average molecular weight is 307 g/mol. The summed E-state index contributed by atoms with van der Waals surface area (Å²) < 4.78 is 5.18. The fourth-order valence-electron chi connectivity index (χ4n) is 2.31. The highest BCUT2D eigenvalue weighted by Crippen LogP contribution is 2.19. The summed E-state index contributed by atoms with van der Waals surface area (Å²) in [6.07, 6.45) is 3.13. The highest BCUT2D eigenvalue weighted by Gasteiger charge is 2.25. The van der Waals surface area contributed by atoms with Gasteiger partial charge in [0.05, 0.1) is 6.61 Å². The van der Waals surface area contributed by atoms with E-state index in [4.69, 9.17) is 4.74 Å². The van der Waals surface area contributed by atoms with Crippen molar-refractivity contribution in [3.8, 4) is 0 Å². The van der Waals surface area contributed by atoms with Gasteiger partial charge < -0.3 is 19.6 Å². The quantitative estimate of drug-likeness (QED) is 0.836. The number of carbonyl (C=O) groups is 2. The molecule has 7 heteroatoms. The Labute approximate surface area is 129 Å². The monoisotopic (exact) mass is 307 g/mol. The summed E-state index contributed by atoms with van der Waals surface area (Å²) in [5.74, 6) is -0.543. The summed E-state index contributed by atoms with van der Waals surface area (Å²) in [5.41, 5.74) is 0.182. The minimum Gasteiger partial charge on any atom is -0.478 e. The Kier molecular flexibility index (Phi) is 5.57. The number of hydrogen-bond acceptors (Lipinski definition) is 5. The van der Waals surface area contributed by atoms with Gasteiger partial charge in [-0.3, -0.25) is 0 Å². The van der Waals surface area contributed by atoms with Gasteiger partial charge in [-0.1, -0.05) is 13.3 Å². The summed E-state index contributed by atoms with van der Waals surface area (Å²) in [5, 5.41) is 9.21. The van der Waals surface area contributed by atoms with Crippen LogP contribution in [0.25, 0.3) is 0 Å². The number of ether oxygens (including phenoxy) is 1. The number of anilines is 1. The van der Waals surface area contributed by atoms with Gasteiger partial charge in [0.2, 0.25) is 0 Å². The summed E-state index contributed by atoms with van der Waals surface area (Å²) in [4.78, 5) is 30.8. The van der Waals surface area contributed by atoms with Crippen molar-refractivity contribution in [2.75, 3.05) is 37.7 Å². The van der Waals surface area contributed by atoms with Crippen molar-refractivity contribution >= 4 is 17.9 Å². The van der Waals surface area contributed by atoms with Gasteiger partial charge in [0.25, 0.3) is 0 Å². The summed E-state index contributed by atoms with van der Waals surface area (Å²) in [7, 11) is 0. The number of rotatable bonds is 5. The van der Waals surface area contributed by atoms with Crippen LogP contribution in [-0.2, 0) is 4.74 Å². The number of piperazine rings is 1. The number of pyridine rings is 1. The van der Waals surface area contributed by atoms with Crippen LogP contribution in [0.1, 0.15) is 30.1 Å². The average Bonchev–Trinajstić information content (AvgIpc) is 2.55. The molecule has 0 aromatic carbocycles. The Morgan fingerprint density at radius 1 is 1.32 bits per heavy atom. The largest absolute Gasteiger partial charge is 0.478 e. The van der Waals surface area contributed by atoms with E-state index in [0.29, 0.717) is 38.6 Å². The second kappa shape index (κ2) is 7.63. The van der Waals surface area contributed by atoms with E-state index in [2.05, 4.69) is 4.98 Å². The van der Waals surface area contributed by atoms with Crippen molar-refractivity contribution in [3.63, 3.8) is 0 Å². The van der Waals surface area contributed by atoms with E-state index in [-0.39, 0.29) is 11.7 Å². The molecule has 0 bridgehead atoms. The third-order valence-corrected chi connectivity index (χ3v) is 3.58. The summed E-state index contributed by atoms with van der Waals surface area (Å²) in [6.45, 7) is 4.57. The molecule has 0 atom stereocenters. The van der Waals surface area contributed by atoms with Gasteiger partial charge in [0.1, 0.15) is 11.4 Å². The second-order valence-electron chi connectivity index (χ2n) is 5.12. The van der Waals surface area contributed by atoms with Crippen LogP contribution >= 0.6 is 0 Å². The molecule has 1 amide bonds. The maximum absolute atomic E-state index is 11.9. The second-order valence-corrected chi connectivity index (χ2v) is 5.12. The lowest BCUT2D eigenvalue weighted by Gasteiger charge is -2.35. The highest BCUT2D eigenvalue weighted by atomic mass is 16.6. The molecule has 120 valence electrons. The zero-order chi connectivity index (χ0) is 15.9. The highest BCUT2D eigenvalue weighted by molar-refractivity contribution is 5.93. The van der Waals surface area contributed by atoms with E-state index in [1.807, 2.05) is 11.8 Å². The zero-order valence-corrected chi connectivity index (χ0v) is 12.7. The van der Waals surface area contributed by atoms with Crippen molar-refractivity contribution in [3.05, 3.63) is 23.9 Å². The maximum Gasteiger partial charge on any atom is 0.409 e. The first kappa shape index (κ1) is 16.1. The van der Waals surface area contributed by atoms with Crippen LogP contribution in [0.2, 0.25) is 0 Å². The lowest BCUT2D eigenvalue weighted by atomic mass is 10.2. The zero-order valence-electron chi connectivity index (χ0n) is 12.7. The van der Waals surface area contributed by atoms with E-state index in [0.717, 1.165) is 12.8 Å². The number of hydrogen-bond donors (Lipinski definition) is 1. The number of carboxylic acid groups (broad SMARTS) is 1. The molecule has 1 aliphatic heterocycles. The molecule has 1 fully saturated rings. The van der Waals surface area contributed by atoms with Gasteiger partial charge in [0.15, 0.2) is 0 Å². The topological polar surface area (TPSA) is 83.0 Å². The predicted octanol–water partition coefficient (Wildman–Crippen LogP) is 1.84. The molecule has 1 saturated heterocycles. The number of carbonyl (C=O) groups excluding carboxylic acids is 1. The van der Waals surface area contributed by atoms with Crippen molar-refractivity contribution in [2.45, 2.75) is 19.8 Å². The lowest BCUT2D eigenvalue weighted by Crippen LogP contribution is -2.49. The Hall–Kier alpha value is -2.31. The van der Waals surface area contributed by atoms with E-state index >= 15 is 0 Å². The van der Waals surface area contributed by atoms with E-state index < -0.39 is 5.97 Å². The molecule has 2 rings (SSSR count). The van der Waals surface area contributed by atoms with Crippen LogP contribution < -0.4 is 4.90 Å². The summed E-state index contributed by atoms with van der Waals surface area (Å²) in [6, 6.07) is 3.14. The van der Waals surface area contributed by atoms with Crippen LogP contribution in [0, 0.1) is 0 Å². The molecule has 1 aliphatic rings. The van der Waals surface area contributed by atoms with Crippen LogP contribution in [0.5, 0.6) is 0 Å². The first-order valence-corrected chi connectivity index (χ1v) is 7.48. The number of carboxylic acids is 1. The molecule has 1 N–H and O–H groups in total. The van der Waals surface area contributed by atoms with Gasteiger partial charge in [0, 0.05) is 32.4 Å². The van der Waals surface area contributed by atoms with Gasteiger partial charge in [-0.15, -0.1) is 0 Å². The van der Waals surface area contributed by atoms with Crippen LogP contribution in [-0.4, -0.2) is 59.8 Å². The SMILES string of the molecule is CCCCOC(=O)N1CCN(c2ncccc2C(=O)O)CC1. The molecule has 22 heavy (non-hydrogen) atoms. The molecule has 1 aromatic heterocycles. The Balaban J connectivity index is 1.92. The Morgan fingerprint density at radius 3 is 2.68 bits per heavy atom. The molecule has 1 aromatic rings. The first-order valence-electron chi connectivity index (χ1n) is 7.48. The van der Waals surface area contributed by atoms with Crippen LogP contribution in [0.3, 0.4) is 0 Å². The minimum atomic E-state index is -0.996. The van der Waals surface area contributed by atoms with Crippen molar-refractivity contribution in [1.82, 2.24) is 9.88 Å². The standard InChI is InChI=1S/C15H21N3O4/c1-2-3-11-22-15(21)18-9-7-17(8-10-18)13-12(14(19)20)5-4-6-16-13/h4-6H,2-3,7-11H2,1H3,(H,19,20). The fraction of sp³-hybridized carbons (Fsp3) is 0.533. The van der Waals surface area contributed by atoms with Gasteiger partial charge in [-0.25, -0.2) is 14.6 Å². The number of amides is 1. The molecule has 0 saturated carbocycles. The normalized spacial score (nSPS) is 14.8. The molecular formula is C15H21N3O4.